The molecule has 0 aliphatic rings. The van der Waals surface area contributed by atoms with Gasteiger partial charge in [0.25, 0.3) is 0 Å². The fourth-order valence-corrected chi connectivity index (χ4v) is 3.86. The number of tetrazole rings is 1. The fraction of sp³-hybridized carbons (Fsp3) is 0.200. The zero-order valence-electron chi connectivity index (χ0n) is 18.4. The first-order valence-corrected chi connectivity index (χ1v) is 11.0. The lowest BCUT2D eigenvalue weighted by molar-refractivity contribution is 0.571. The van der Waals surface area contributed by atoms with E-state index in [1.54, 1.807) is 0 Å². The molecular formula is C25H24N8. The molecule has 0 atom stereocenters. The van der Waals surface area contributed by atoms with Crippen molar-refractivity contribution in [3.05, 3.63) is 95.8 Å². The summed E-state index contributed by atoms with van der Waals surface area (Å²) in [6.45, 7) is 2.99. The number of hydrogen-bond acceptors (Lipinski definition) is 6. The van der Waals surface area contributed by atoms with Gasteiger partial charge in [-0.15, -0.1) is 10.2 Å². The van der Waals surface area contributed by atoms with Crippen molar-refractivity contribution in [3.8, 4) is 22.5 Å². The van der Waals surface area contributed by atoms with Crippen LogP contribution in [0.1, 0.15) is 36.3 Å². The molecule has 33 heavy (non-hydrogen) atoms. The van der Waals surface area contributed by atoms with E-state index in [0.717, 1.165) is 53.4 Å². The van der Waals surface area contributed by atoms with Gasteiger partial charge in [-0.3, -0.25) is 4.98 Å². The van der Waals surface area contributed by atoms with E-state index in [0.29, 0.717) is 12.2 Å². The van der Waals surface area contributed by atoms with Gasteiger partial charge in [0.15, 0.2) is 5.82 Å². The lowest BCUT2D eigenvalue weighted by atomic mass is 10.0. The summed E-state index contributed by atoms with van der Waals surface area (Å²) in [7, 11) is 0. The Morgan fingerprint density at radius 3 is 2.42 bits per heavy atom. The minimum atomic E-state index is 0.563. The number of nitrogens with one attached hydrogen (secondary N) is 1. The second kappa shape index (κ2) is 9.52. The zero-order chi connectivity index (χ0) is 22.5. The number of aromatic nitrogens is 8. The number of nitrogens with zero attached hydrogens (tertiary/aromatic N) is 7. The zero-order valence-corrected chi connectivity index (χ0v) is 18.4. The molecule has 0 saturated heterocycles. The number of pyridine rings is 1. The van der Waals surface area contributed by atoms with E-state index in [9.17, 15) is 0 Å². The van der Waals surface area contributed by atoms with Gasteiger partial charge in [-0.1, -0.05) is 67.6 Å². The standard InChI is InChI=1S/C25H24N8/c1-2-14-33-24(27-23(30-33)15-18-8-4-3-5-9-18)16-20-13-12-19(17-26-20)21-10-6-7-11-22(21)25-28-31-32-29-25/h3-13,17H,2,14-16H2,1H3,(H,28,29,31,32). The van der Waals surface area contributed by atoms with Crippen molar-refractivity contribution in [3.63, 3.8) is 0 Å². The highest BCUT2D eigenvalue weighted by Gasteiger charge is 2.14. The van der Waals surface area contributed by atoms with Crippen molar-refractivity contribution >= 4 is 0 Å². The molecule has 5 aromatic rings. The Bertz CT molecular complexity index is 1310. The van der Waals surface area contributed by atoms with Gasteiger partial charge in [-0.05, 0) is 28.8 Å². The summed E-state index contributed by atoms with van der Waals surface area (Å²) in [6, 6.07) is 22.4. The molecule has 0 saturated carbocycles. The molecule has 0 fully saturated rings. The van der Waals surface area contributed by atoms with E-state index in [1.807, 2.05) is 59.4 Å². The van der Waals surface area contributed by atoms with Gasteiger partial charge in [-0.25, -0.2) is 9.67 Å². The van der Waals surface area contributed by atoms with Crippen LogP contribution in [0.3, 0.4) is 0 Å². The van der Waals surface area contributed by atoms with E-state index in [4.69, 9.17) is 15.1 Å². The van der Waals surface area contributed by atoms with Crippen molar-refractivity contribution in [2.45, 2.75) is 32.7 Å². The van der Waals surface area contributed by atoms with Gasteiger partial charge in [-0.2, -0.15) is 10.3 Å². The number of benzene rings is 2. The van der Waals surface area contributed by atoms with Crippen LogP contribution in [0.4, 0.5) is 0 Å². The summed E-state index contributed by atoms with van der Waals surface area (Å²) >= 11 is 0. The second-order valence-corrected chi connectivity index (χ2v) is 7.83. The van der Waals surface area contributed by atoms with Crippen molar-refractivity contribution in [2.75, 3.05) is 0 Å². The predicted octanol–water partition coefficient (Wildman–Crippen LogP) is 4.11. The topological polar surface area (TPSA) is 98.1 Å². The Balaban J connectivity index is 1.38. The van der Waals surface area contributed by atoms with Gasteiger partial charge in [0.05, 0.1) is 0 Å². The molecule has 0 unspecified atom stereocenters. The maximum atomic E-state index is 4.83. The molecule has 8 nitrogen and oxygen atoms in total. The first kappa shape index (κ1) is 20.7. The van der Waals surface area contributed by atoms with Crippen LogP contribution < -0.4 is 0 Å². The summed E-state index contributed by atoms with van der Waals surface area (Å²) in [6.07, 6.45) is 4.25. The smallest absolute Gasteiger partial charge is 0.205 e. The molecule has 2 aromatic carbocycles. The van der Waals surface area contributed by atoms with E-state index >= 15 is 0 Å². The molecule has 3 heterocycles. The molecule has 0 spiro atoms. The van der Waals surface area contributed by atoms with Crippen LogP contribution in [-0.4, -0.2) is 40.4 Å². The highest BCUT2D eigenvalue weighted by molar-refractivity contribution is 5.79. The Hall–Kier alpha value is -4.20. The van der Waals surface area contributed by atoms with E-state index in [1.165, 1.54) is 5.56 Å². The number of rotatable bonds is 8. The van der Waals surface area contributed by atoms with Crippen LogP contribution in [0.15, 0.2) is 72.9 Å². The molecule has 0 radical (unpaired) electrons. The van der Waals surface area contributed by atoms with Crippen LogP contribution in [0, 0.1) is 0 Å². The van der Waals surface area contributed by atoms with Gasteiger partial charge in [0.1, 0.15) is 5.82 Å². The average molecular weight is 437 g/mol. The summed E-state index contributed by atoms with van der Waals surface area (Å²) in [4.78, 5) is 9.55. The minimum Gasteiger partial charge on any atom is -0.260 e. The summed E-state index contributed by atoms with van der Waals surface area (Å²) < 4.78 is 2.01. The molecule has 164 valence electrons. The van der Waals surface area contributed by atoms with Crippen LogP contribution in [0.2, 0.25) is 0 Å². The molecule has 1 N–H and O–H groups in total. The minimum absolute atomic E-state index is 0.563. The molecule has 0 aliphatic heterocycles. The normalized spacial score (nSPS) is 11.1. The average Bonchev–Trinajstić information content (AvgIpc) is 3.51. The molecule has 8 heteroatoms. The van der Waals surface area contributed by atoms with Crippen LogP contribution in [-0.2, 0) is 19.4 Å². The first-order valence-electron chi connectivity index (χ1n) is 11.0. The molecule has 0 amide bonds. The van der Waals surface area contributed by atoms with Gasteiger partial charge >= 0.3 is 0 Å². The van der Waals surface area contributed by atoms with Gasteiger partial charge in [0.2, 0.25) is 5.82 Å². The Morgan fingerprint density at radius 2 is 1.70 bits per heavy atom. The third-order valence-corrected chi connectivity index (χ3v) is 5.42. The monoisotopic (exact) mass is 436 g/mol. The number of H-pyrrole nitrogens is 1. The number of hydrogen-bond donors (Lipinski definition) is 1. The number of aromatic amines is 1. The van der Waals surface area contributed by atoms with Gasteiger partial charge in [0, 0.05) is 42.4 Å². The third-order valence-electron chi connectivity index (χ3n) is 5.42. The maximum absolute atomic E-state index is 4.83. The molecule has 5 rings (SSSR count). The lowest BCUT2D eigenvalue weighted by Crippen LogP contribution is -2.06. The van der Waals surface area contributed by atoms with Crippen LogP contribution in [0.25, 0.3) is 22.5 Å². The Morgan fingerprint density at radius 1 is 0.879 bits per heavy atom. The third kappa shape index (κ3) is 4.69. The second-order valence-electron chi connectivity index (χ2n) is 7.83. The molecule has 0 aliphatic carbocycles. The summed E-state index contributed by atoms with van der Waals surface area (Å²) in [5.41, 5.74) is 5.08. The first-order chi connectivity index (χ1) is 16.3. The van der Waals surface area contributed by atoms with E-state index < -0.39 is 0 Å². The fourth-order valence-electron chi connectivity index (χ4n) is 3.86. The summed E-state index contributed by atoms with van der Waals surface area (Å²) in [5.74, 6) is 2.35. The van der Waals surface area contributed by atoms with E-state index in [2.05, 4.69) is 45.7 Å². The Labute approximate surface area is 191 Å². The maximum Gasteiger partial charge on any atom is 0.205 e. The molecular weight excluding hydrogens is 412 g/mol. The Kier molecular flexibility index (Phi) is 5.97. The molecule has 3 aromatic heterocycles. The quantitative estimate of drug-likeness (QED) is 0.393. The van der Waals surface area contributed by atoms with Crippen molar-refractivity contribution in [1.29, 1.82) is 0 Å². The number of aryl methyl sites for hydroxylation is 1. The highest BCUT2D eigenvalue weighted by Crippen LogP contribution is 2.29. The van der Waals surface area contributed by atoms with Gasteiger partial charge < -0.3 is 0 Å². The van der Waals surface area contributed by atoms with Crippen LogP contribution >= 0.6 is 0 Å². The summed E-state index contributed by atoms with van der Waals surface area (Å²) in [5, 5.41) is 19.2. The van der Waals surface area contributed by atoms with E-state index in [-0.39, 0.29) is 0 Å². The van der Waals surface area contributed by atoms with Crippen molar-refractivity contribution in [1.82, 2.24) is 40.4 Å². The predicted molar refractivity (Wildman–Crippen MR) is 125 cm³/mol. The largest absolute Gasteiger partial charge is 0.260 e. The lowest BCUT2D eigenvalue weighted by Gasteiger charge is -2.08. The molecule has 0 bridgehead atoms. The SMILES string of the molecule is CCCn1nc(Cc2ccccc2)nc1Cc1ccc(-c2ccccc2-c2nn[nH]n2)cn1. The van der Waals surface area contributed by atoms with Crippen molar-refractivity contribution < 1.29 is 0 Å². The van der Waals surface area contributed by atoms with Crippen molar-refractivity contribution in [2.24, 2.45) is 0 Å². The van der Waals surface area contributed by atoms with Crippen LogP contribution in [0.5, 0.6) is 0 Å². The highest BCUT2D eigenvalue weighted by atomic mass is 15.5.